The Hall–Kier alpha value is -2.08. The number of nitrogens with zero attached hydrogens (tertiary/aromatic N) is 4. The summed E-state index contributed by atoms with van der Waals surface area (Å²) >= 11 is 5.67. The summed E-state index contributed by atoms with van der Waals surface area (Å²) in [5.74, 6) is -0.445. The van der Waals surface area contributed by atoms with E-state index in [9.17, 15) is 4.79 Å². The molecule has 0 radical (unpaired) electrons. The zero-order chi connectivity index (χ0) is 12.4. The van der Waals surface area contributed by atoms with Crippen LogP contribution < -0.4 is 0 Å². The molecule has 0 aromatic carbocycles. The van der Waals surface area contributed by atoms with Crippen molar-refractivity contribution >= 4 is 17.6 Å². The molecule has 86 valence electrons. The average molecular weight is 251 g/mol. The molecule has 17 heavy (non-hydrogen) atoms. The summed E-state index contributed by atoms with van der Waals surface area (Å²) in [6, 6.07) is 1.60. The topological polar surface area (TPSA) is 88.9 Å². The fourth-order valence-corrected chi connectivity index (χ4v) is 1.39. The first-order valence-electron chi connectivity index (χ1n) is 4.64. The second-order valence-corrected chi connectivity index (χ2v) is 3.59. The third kappa shape index (κ3) is 2.36. The van der Waals surface area contributed by atoms with Crippen LogP contribution in [0.4, 0.5) is 0 Å². The molecule has 0 aliphatic carbocycles. The van der Waals surface area contributed by atoms with Gasteiger partial charge in [0.15, 0.2) is 11.5 Å². The first-order valence-corrected chi connectivity index (χ1v) is 5.01. The van der Waals surface area contributed by atoms with E-state index in [1.807, 2.05) is 0 Å². The Morgan fingerprint density at radius 2 is 2.12 bits per heavy atom. The van der Waals surface area contributed by atoms with Crippen LogP contribution in [0.15, 0.2) is 18.5 Å². The fraction of sp³-hybridized carbons (Fsp3) is 0.100. The van der Waals surface area contributed by atoms with Crippen molar-refractivity contribution in [3.63, 3.8) is 0 Å². The van der Waals surface area contributed by atoms with Crippen LogP contribution >= 0.6 is 11.6 Å². The Labute approximate surface area is 101 Å². The van der Waals surface area contributed by atoms with E-state index in [2.05, 4.69) is 19.9 Å². The van der Waals surface area contributed by atoms with E-state index in [1.54, 1.807) is 19.2 Å². The lowest BCUT2D eigenvalue weighted by atomic mass is 10.3. The van der Waals surface area contributed by atoms with E-state index < -0.39 is 5.97 Å². The van der Waals surface area contributed by atoms with Crippen LogP contribution in [0.1, 0.15) is 16.3 Å². The van der Waals surface area contributed by atoms with E-state index in [0.717, 1.165) is 0 Å². The van der Waals surface area contributed by atoms with Crippen molar-refractivity contribution in [1.82, 2.24) is 19.9 Å². The van der Waals surface area contributed by atoms with Crippen molar-refractivity contribution in [1.29, 1.82) is 0 Å². The van der Waals surface area contributed by atoms with Crippen LogP contribution in [0.5, 0.6) is 0 Å². The average Bonchev–Trinajstić information content (AvgIpc) is 2.29. The summed E-state index contributed by atoms with van der Waals surface area (Å²) in [4.78, 5) is 26.7. The number of hydrogen-bond donors (Lipinski definition) is 1. The summed E-state index contributed by atoms with van der Waals surface area (Å²) < 4.78 is 0. The van der Waals surface area contributed by atoms with E-state index in [4.69, 9.17) is 16.7 Å². The highest BCUT2D eigenvalue weighted by Crippen LogP contribution is 2.17. The van der Waals surface area contributed by atoms with Gasteiger partial charge in [0.2, 0.25) is 0 Å². The number of halogens is 1. The number of hydrogen-bond acceptors (Lipinski definition) is 5. The maximum absolute atomic E-state index is 10.9. The van der Waals surface area contributed by atoms with Crippen LogP contribution in [-0.4, -0.2) is 31.0 Å². The van der Waals surface area contributed by atoms with Crippen LogP contribution in [0.3, 0.4) is 0 Å². The van der Waals surface area contributed by atoms with Gasteiger partial charge in [0, 0.05) is 6.20 Å². The maximum atomic E-state index is 10.9. The Morgan fingerprint density at radius 3 is 2.76 bits per heavy atom. The molecule has 0 spiro atoms. The molecule has 0 bridgehead atoms. The number of aromatic carboxylic acids is 1. The molecule has 0 atom stereocenters. The number of aryl methyl sites for hydroxylation is 1. The van der Waals surface area contributed by atoms with Crippen molar-refractivity contribution in [2.75, 3.05) is 0 Å². The molecule has 0 amide bonds. The van der Waals surface area contributed by atoms with Crippen molar-refractivity contribution in [3.05, 3.63) is 35.0 Å². The lowest BCUT2D eigenvalue weighted by Crippen LogP contribution is -2.05. The highest BCUT2D eigenvalue weighted by molar-refractivity contribution is 6.33. The van der Waals surface area contributed by atoms with Crippen LogP contribution in [0.2, 0.25) is 5.02 Å². The fourth-order valence-electron chi connectivity index (χ4n) is 1.22. The van der Waals surface area contributed by atoms with Gasteiger partial charge in [-0.3, -0.25) is 0 Å². The number of carbonyl (C=O) groups is 1. The van der Waals surface area contributed by atoms with Gasteiger partial charge < -0.3 is 5.11 Å². The molecule has 0 fully saturated rings. The highest BCUT2D eigenvalue weighted by Gasteiger charge is 2.14. The van der Waals surface area contributed by atoms with Gasteiger partial charge in [0.25, 0.3) is 0 Å². The monoisotopic (exact) mass is 250 g/mol. The van der Waals surface area contributed by atoms with Crippen LogP contribution in [0, 0.1) is 6.92 Å². The van der Waals surface area contributed by atoms with Gasteiger partial charge >= 0.3 is 5.97 Å². The van der Waals surface area contributed by atoms with Gasteiger partial charge in [-0.15, -0.1) is 0 Å². The summed E-state index contributed by atoms with van der Waals surface area (Å²) in [7, 11) is 0. The normalized spacial score (nSPS) is 10.2. The van der Waals surface area contributed by atoms with E-state index in [-0.39, 0.29) is 16.5 Å². The molecule has 0 saturated heterocycles. The minimum absolute atomic E-state index is 0.00738. The Bertz CT molecular complexity index is 588. The first-order chi connectivity index (χ1) is 8.08. The predicted molar refractivity (Wildman–Crippen MR) is 59.8 cm³/mol. The SMILES string of the molecule is Cc1nccc(-c2ncc(Cl)c(C(=O)O)n2)n1. The van der Waals surface area contributed by atoms with Gasteiger partial charge in [-0.2, -0.15) is 0 Å². The molecule has 7 heteroatoms. The highest BCUT2D eigenvalue weighted by atomic mass is 35.5. The van der Waals surface area contributed by atoms with Crippen LogP contribution in [0.25, 0.3) is 11.5 Å². The van der Waals surface area contributed by atoms with E-state index >= 15 is 0 Å². The summed E-state index contributed by atoms with van der Waals surface area (Å²) in [5.41, 5.74) is 0.213. The molecule has 2 rings (SSSR count). The molecule has 0 unspecified atom stereocenters. The first kappa shape index (κ1) is 11.4. The second-order valence-electron chi connectivity index (χ2n) is 3.18. The van der Waals surface area contributed by atoms with Crippen molar-refractivity contribution in [3.8, 4) is 11.5 Å². The third-order valence-electron chi connectivity index (χ3n) is 1.95. The number of rotatable bonds is 2. The third-order valence-corrected chi connectivity index (χ3v) is 2.23. The maximum Gasteiger partial charge on any atom is 0.356 e. The minimum atomic E-state index is -1.20. The predicted octanol–water partition coefficient (Wildman–Crippen LogP) is 1.59. The molecular weight excluding hydrogens is 244 g/mol. The molecule has 1 N–H and O–H groups in total. The van der Waals surface area contributed by atoms with E-state index in [0.29, 0.717) is 11.5 Å². The van der Waals surface area contributed by atoms with E-state index in [1.165, 1.54) is 6.20 Å². The Balaban J connectivity index is 2.54. The summed E-state index contributed by atoms with van der Waals surface area (Å²) in [6.45, 7) is 1.72. The molecule has 2 aromatic rings. The number of aromatic nitrogens is 4. The molecule has 0 saturated carbocycles. The molecule has 0 aliphatic rings. The molecule has 0 aliphatic heterocycles. The second kappa shape index (κ2) is 4.42. The van der Waals surface area contributed by atoms with Crippen molar-refractivity contribution in [2.45, 2.75) is 6.92 Å². The number of carboxylic acids is 1. The summed E-state index contributed by atoms with van der Waals surface area (Å²) in [5, 5.41) is 8.88. The van der Waals surface area contributed by atoms with Gasteiger partial charge in [-0.1, -0.05) is 11.6 Å². The Morgan fingerprint density at radius 1 is 1.35 bits per heavy atom. The van der Waals surface area contributed by atoms with Crippen molar-refractivity contribution < 1.29 is 9.90 Å². The molecule has 6 nitrogen and oxygen atoms in total. The summed E-state index contributed by atoms with van der Waals surface area (Å²) in [6.07, 6.45) is 2.79. The standard InChI is InChI=1S/C10H7ClN4O2/c1-5-12-3-2-7(14-5)9-13-4-6(11)8(15-9)10(16)17/h2-4H,1H3,(H,16,17). The van der Waals surface area contributed by atoms with Gasteiger partial charge in [0.05, 0.1) is 11.2 Å². The zero-order valence-corrected chi connectivity index (χ0v) is 9.51. The Kier molecular flexibility index (Phi) is 2.97. The number of carboxylic acid groups (broad SMARTS) is 1. The molecule has 2 heterocycles. The lowest BCUT2D eigenvalue weighted by Gasteiger charge is -2.02. The molecular formula is C10H7ClN4O2. The quantitative estimate of drug-likeness (QED) is 0.871. The largest absolute Gasteiger partial charge is 0.476 e. The van der Waals surface area contributed by atoms with Gasteiger partial charge in [0.1, 0.15) is 11.5 Å². The lowest BCUT2D eigenvalue weighted by molar-refractivity contribution is 0.0690. The zero-order valence-electron chi connectivity index (χ0n) is 8.75. The minimum Gasteiger partial charge on any atom is -0.476 e. The van der Waals surface area contributed by atoms with Gasteiger partial charge in [-0.25, -0.2) is 24.7 Å². The molecule has 2 aromatic heterocycles. The van der Waals surface area contributed by atoms with Crippen LogP contribution in [-0.2, 0) is 0 Å². The van der Waals surface area contributed by atoms with Gasteiger partial charge in [-0.05, 0) is 13.0 Å². The smallest absolute Gasteiger partial charge is 0.356 e. The van der Waals surface area contributed by atoms with Crippen molar-refractivity contribution in [2.24, 2.45) is 0 Å².